The summed E-state index contributed by atoms with van der Waals surface area (Å²) in [5.41, 5.74) is 1.67. The van der Waals surface area contributed by atoms with Gasteiger partial charge in [0, 0.05) is 32.6 Å². The lowest BCUT2D eigenvalue weighted by molar-refractivity contribution is -0.133. The minimum atomic E-state index is -0.231. The van der Waals surface area contributed by atoms with Gasteiger partial charge in [-0.3, -0.25) is 9.69 Å². The van der Waals surface area contributed by atoms with Gasteiger partial charge < -0.3 is 4.90 Å². The number of halogens is 1. The lowest BCUT2D eigenvalue weighted by atomic mass is 10.1. The van der Waals surface area contributed by atoms with Crippen LogP contribution in [0.5, 0.6) is 0 Å². The summed E-state index contributed by atoms with van der Waals surface area (Å²) in [6, 6.07) is 14.9. The summed E-state index contributed by atoms with van der Waals surface area (Å²) in [4.78, 5) is 21.4. The first kappa shape index (κ1) is 18.1. The molecule has 0 bridgehead atoms. The maximum Gasteiger partial charge on any atom is 0.222 e. The Kier molecular flexibility index (Phi) is 5.45. The second-order valence-electron chi connectivity index (χ2n) is 6.82. The van der Waals surface area contributed by atoms with Crippen LogP contribution in [0.1, 0.15) is 17.0 Å². The SMILES string of the molecule is O=C(CCc1ccccc1F)N1CCN(Cc2nc3ccccc3s2)CC1. The van der Waals surface area contributed by atoms with E-state index in [1.807, 2.05) is 29.2 Å². The van der Waals surface area contributed by atoms with E-state index in [2.05, 4.69) is 11.0 Å². The highest BCUT2D eigenvalue weighted by Gasteiger charge is 2.22. The molecule has 0 saturated carbocycles. The molecule has 1 fully saturated rings. The molecular formula is C21H22FN3OS. The summed E-state index contributed by atoms with van der Waals surface area (Å²) in [5.74, 6) is -0.121. The third-order valence-electron chi connectivity index (χ3n) is 4.99. The molecule has 0 spiro atoms. The van der Waals surface area contributed by atoms with Gasteiger partial charge in [-0.2, -0.15) is 0 Å². The molecule has 1 amide bonds. The van der Waals surface area contributed by atoms with E-state index in [9.17, 15) is 9.18 Å². The fourth-order valence-electron chi connectivity index (χ4n) is 3.44. The number of hydrogen-bond acceptors (Lipinski definition) is 4. The van der Waals surface area contributed by atoms with E-state index in [1.165, 1.54) is 10.8 Å². The van der Waals surface area contributed by atoms with Gasteiger partial charge in [0.15, 0.2) is 0 Å². The van der Waals surface area contributed by atoms with Crippen LogP contribution in [0.15, 0.2) is 48.5 Å². The van der Waals surface area contributed by atoms with Crippen LogP contribution in [0.3, 0.4) is 0 Å². The highest BCUT2D eigenvalue weighted by atomic mass is 32.1. The molecule has 0 aliphatic carbocycles. The first-order valence-corrected chi connectivity index (χ1v) is 10.1. The summed E-state index contributed by atoms with van der Waals surface area (Å²) < 4.78 is 14.9. The van der Waals surface area contributed by atoms with Crippen LogP contribution in [0, 0.1) is 5.82 Å². The summed E-state index contributed by atoms with van der Waals surface area (Å²) in [6.07, 6.45) is 0.816. The average Bonchev–Trinajstić information content (AvgIpc) is 3.10. The van der Waals surface area contributed by atoms with E-state index in [0.717, 1.165) is 43.2 Å². The van der Waals surface area contributed by atoms with Crippen LogP contribution in [-0.2, 0) is 17.8 Å². The predicted molar refractivity (Wildman–Crippen MR) is 106 cm³/mol. The quantitative estimate of drug-likeness (QED) is 0.674. The lowest BCUT2D eigenvalue weighted by Gasteiger charge is -2.34. The van der Waals surface area contributed by atoms with Gasteiger partial charge in [0.05, 0.1) is 16.8 Å². The van der Waals surface area contributed by atoms with Crippen molar-refractivity contribution < 1.29 is 9.18 Å². The topological polar surface area (TPSA) is 36.4 Å². The molecular weight excluding hydrogens is 361 g/mol. The van der Waals surface area contributed by atoms with Gasteiger partial charge in [-0.25, -0.2) is 9.37 Å². The van der Waals surface area contributed by atoms with E-state index < -0.39 is 0 Å². The molecule has 1 saturated heterocycles. The van der Waals surface area contributed by atoms with E-state index in [-0.39, 0.29) is 11.7 Å². The molecule has 2 heterocycles. The Morgan fingerprint density at radius 1 is 1.04 bits per heavy atom. The van der Waals surface area contributed by atoms with Gasteiger partial charge in [0.2, 0.25) is 5.91 Å². The first-order valence-electron chi connectivity index (χ1n) is 9.27. The number of rotatable bonds is 5. The molecule has 4 nitrogen and oxygen atoms in total. The smallest absolute Gasteiger partial charge is 0.222 e. The number of hydrogen-bond donors (Lipinski definition) is 0. The lowest BCUT2D eigenvalue weighted by Crippen LogP contribution is -2.48. The van der Waals surface area contributed by atoms with Crippen molar-refractivity contribution in [2.45, 2.75) is 19.4 Å². The molecule has 3 aromatic rings. The second-order valence-corrected chi connectivity index (χ2v) is 7.94. The number of carbonyl (C=O) groups is 1. The van der Waals surface area contributed by atoms with Crippen LogP contribution in [0.25, 0.3) is 10.2 Å². The maximum atomic E-state index is 13.7. The number of nitrogens with zero attached hydrogens (tertiary/aromatic N) is 3. The Bertz CT molecular complexity index is 901. The van der Waals surface area contributed by atoms with E-state index in [1.54, 1.807) is 23.5 Å². The molecule has 0 unspecified atom stereocenters. The van der Waals surface area contributed by atoms with Crippen molar-refractivity contribution in [2.24, 2.45) is 0 Å². The zero-order valence-electron chi connectivity index (χ0n) is 15.1. The summed E-state index contributed by atoms with van der Waals surface area (Å²) in [5, 5.41) is 1.12. The van der Waals surface area contributed by atoms with Crippen LogP contribution in [0.4, 0.5) is 4.39 Å². The first-order chi connectivity index (χ1) is 13.2. The molecule has 0 atom stereocenters. The van der Waals surface area contributed by atoms with Crippen LogP contribution in [-0.4, -0.2) is 46.9 Å². The predicted octanol–water partition coefficient (Wildman–Crippen LogP) is 3.71. The van der Waals surface area contributed by atoms with Crippen LogP contribution in [0.2, 0.25) is 0 Å². The Balaban J connectivity index is 1.27. The van der Waals surface area contributed by atoms with Crippen molar-refractivity contribution in [3.63, 3.8) is 0 Å². The molecule has 27 heavy (non-hydrogen) atoms. The van der Waals surface area contributed by atoms with Gasteiger partial charge in [-0.1, -0.05) is 30.3 Å². The fourth-order valence-corrected chi connectivity index (χ4v) is 4.44. The van der Waals surface area contributed by atoms with Gasteiger partial charge >= 0.3 is 0 Å². The minimum Gasteiger partial charge on any atom is -0.340 e. The third-order valence-corrected chi connectivity index (χ3v) is 6.01. The average molecular weight is 383 g/mol. The Morgan fingerprint density at radius 2 is 1.78 bits per heavy atom. The maximum absolute atomic E-state index is 13.7. The Morgan fingerprint density at radius 3 is 2.56 bits per heavy atom. The molecule has 140 valence electrons. The summed E-state index contributed by atoms with van der Waals surface area (Å²) >= 11 is 1.74. The number of para-hydroxylation sites is 1. The standard InChI is InChI=1S/C21H22FN3OS/c22-17-6-2-1-5-16(17)9-10-21(26)25-13-11-24(12-14-25)15-20-23-18-7-3-4-8-19(18)27-20/h1-8H,9-15H2. The van der Waals surface area contributed by atoms with Crippen molar-refractivity contribution in [1.29, 1.82) is 0 Å². The molecule has 2 aromatic carbocycles. The van der Waals surface area contributed by atoms with Crippen molar-refractivity contribution in [3.05, 3.63) is 64.9 Å². The Labute approximate surface area is 162 Å². The van der Waals surface area contributed by atoms with Crippen molar-refractivity contribution >= 4 is 27.5 Å². The van der Waals surface area contributed by atoms with E-state index in [0.29, 0.717) is 18.4 Å². The van der Waals surface area contributed by atoms with Gasteiger partial charge in [-0.15, -0.1) is 11.3 Å². The molecule has 0 radical (unpaired) electrons. The zero-order valence-corrected chi connectivity index (χ0v) is 15.9. The monoisotopic (exact) mass is 383 g/mol. The Hall–Kier alpha value is -2.31. The minimum absolute atomic E-state index is 0.109. The third kappa shape index (κ3) is 4.34. The van der Waals surface area contributed by atoms with E-state index in [4.69, 9.17) is 4.98 Å². The molecule has 1 aliphatic heterocycles. The number of piperazine rings is 1. The van der Waals surface area contributed by atoms with Crippen LogP contribution >= 0.6 is 11.3 Å². The van der Waals surface area contributed by atoms with Crippen molar-refractivity contribution in [2.75, 3.05) is 26.2 Å². The molecule has 1 aliphatic rings. The highest BCUT2D eigenvalue weighted by Crippen LogP contribution is 2.23. The van der Waals surface area contributed by atoms with Gasteiger partial charge in [0.1, 0.15) is 10.8 Å². The number of carbonyl (C=O) groups excluding carboxylic acids is 1. The summed E-state index contributed by atoms with van der Waals surface area (Å²) in [7, 11) is 0. The van der Waals surface area contributed by atoms with Gasteiger partial charge in [0.25, 0.3) is 0 Å². The zero-order chi connectivity index (χ0) is 18.6. The number of amides is 1. The van der Waals surface area contributed by atoms with Crippen molar-refractivity contribution in [1.82, 2.24) is 14.8 Å². The fraction of sp³-hybridized carbons (Fsp3) is 0.333. The van der Waals surface area contributed by atoms with E-state index >= 15 is 0 Å². The largest absolute Gasteiger partial charge is 0.340 e. The molecule has 6 heteroatoms. The number of aromatic nitrogens is 1. The molecule has 1 aromatic heterocycles. The van der Waals surface area contributed by atoms with Crippen LogP contribution < -0.4 is 0 Å². The number of benzene rings is 2. The molecule has 0 N–H and O–H groups in total. The number of fused-ring (bicyclic) bond motifs is 1. The summed E-state index contributed by atoms with van der Waals surface area (Å²) in [6.45, 7) is 3.97. The second kappa shape index (κ2) is 8.15. The number of aryl methyl sites for hydroxylation is 1. The molecule has 4 rings (SSSR count). The normalized spacial score (nSPS) is 15.4. The highest BCUT2D eigenvalue weighted by molar-refractivity contribution is 7.18. The number of thiazole rings is 1. The van der Waals surface area contributed by atoms with Gasteiger partial charge in [-0.05, 0) is 30.2 Å². The van der Waals surface area contributed by atoms with Crippen molar-refractivity contribution in [3.8, 4) is 0 Å².